The summed E-state index contributed by atoms with van der Waals surface area (Å²) in [5, 5.41) is 9.87. The predicted octanol–water partition coefficient (Wildman–Crippen LogP) is 3.76. The molecule has 1 amide bonds. The van der Waals surface area contributed by atoms with Gasteiger partial charge < -0.3 is 9.84 Å². The van der Waals surface area contributed by atoms with E-state index in [9.17, 15) is 4.79 Å². The zero-order valence-corrected chi connectivity index (χ0v) is 14.8. The summed E-state index contributed by atoms with van der Waals surface area (Å²) in [7, 11) is 0. The number of aromatic nitrogens is 2. The van der Waals surface area contributed by atoms with Crippen LogP contribution in [0.4, 0.5) is 0 Å². The van der Waals surface area contributed by atoms with E-state index in [1.54, 1.807) is 36.5 Å². The van der Waals surface area contributed by atoms with Gasteiger partial charge in [-0.25, -0.2) is 4.98 Å². The van der Waals surface area contributed by atoms with Crippen LogP contribution in [0, 0.1) is 20.8 Å². The maximum Gasteiger partial charge on any atom is 0.256 e. The lowest BCUT2D eigenvalue weighted by Gasteiger charge is -2.03. The van der Waals surface area contributed by atoms with Crippen molar-refractivity contribution >= 4 is 28.6 Å². The van der Waals surface area contributed by atoms with Crippen LogP contribution in [0.3, 0.4) is 0 Å². The Morgan fingerprint density at radius 2 is 2.13 bits per heavy atom. The maximum atomic E-state index is 12.2. The number of carbonyl (C=O) groups excluding carboxylic acids is 1. The Labute approximate surface area is 142 Å². The molecule has 0 bridgehead atoms. The molecule has 0 aliphatic carbocycles. The highest BCUT2D eigenvalue weighted by Crippen LogP contribution is 2.29. The first-order valence-electron chi connectivity index (χ1n) is 7.27. The molecule has 5 nitrogen and oxygen atoms in total. The Morgan fingerprint density at radius 3 is 2.78 bits per heavy atom. The smallest absolute Gasteiger partial charge is 0.256 e. The molecule has 120 valence electrons. The van der Waals surface area contributed by atoms with Crippen molar-refractivity contribution in [3.8, 4) is 10.6 Å². The molecule has 0 spiro atoms. The van der Waals surface area contributed by atoms with Gasteiger partial charge in [0.15, 0.2) is 0 Å². The molecule has 3 heterocycles. The van der Waals surface area contributed by atoms with Crippen LogP contribution in [0.2, 0.25) is 0 Å². The Balaban J connectivity index is 1.57. The quantitative estimate of drug-likeness (QED) is 0.763. The average molecular weight is 347 g/mol. The lowest BCUT2D eigenvalue weighted by Crippen LogP contribution is -2.26. The molecule has 7 heteroatoms. The molecule has 0 radical (unpaired) electrons. The minimum atomic E-state index is -0.131. The number of aryl methyl sites for hydroxylation is 3. The highest BCUT2D eigenvalue weighted by Gasteiger charge is 2.16. The second-order valence-corrected chi connectivity index (χ2v) is 7.45. The van der Waals surface area contributed by atoms with Gasteiger partial charge >= 0.3 is 0 Å². The van der Waals surface area contributed by atoms with Crippen LogP contribution in [0.15, 0.2) is 22.0 Å². The Morgan fingerprint density at radius 1 is 1.30 bits per heavy atom. The third kappa shape index (κ3) is 3.51. The van der Waals surface area contributed by atoms with Crippen molar-refractivity contribution in [2.75, 3.05) is 6.54 Å². The molecule has 3 aromatic heterocycles. The largest absolute Gasteiger partial charge is 0.361 e. The van der Waals surface area contributed by atoms with Gasteiger partial charge in [0.05, 0.1) is 21.3 Å². The first-order valence-corrected chi connectivity index (χ1v) is 8.96. The number of rotatable bonds is 5. The van der Waals surface area contributed by atoms with Crippen molar-refractivity contribution in [2.45, 2.75) is 27.2 Å². The summed E-state index contributed by atoms with van der Waals surface area (Å²) in [6.07, 6.45) is 0.795. The van der Waals surface area contributed by atoms with Gasteiger partial charge in [0, 0.05) is 16.8 Å². The standard InChI is InChI=1S/C16H17N3O2S2/c1-9-15(10(2)21-19-9)16(20)17-7-6-12-4-5-14(23-12)13-8-22-11(3)18-13/h4-5,8H,6-7H2,1-3H3,(H,17,20). The summed E-state index contributed by atoms with van der Waals surface area (Å²) < 4.78 is 5.02. The fourth-order valence-corrected chi connectivity index (χ4v) is 3.98. The molecular weight excluding hydrogens is 330 g/mol. The van der Waals surface area contributed by atoms with Crippen molar-refractivity contribution in [3.05, 3.63) is 44.4 Å². The zero-order chi connectivity index (χ0) is 16.4. The third-order valence-corrected chi connectivity index (χ3v) is 5.39. The van der Waals surface area contributed by atoms with E-state index in [1.165, 1.54) is 9.75 Å². The summed E-state index contributed by atoms with van der Waals surface area (Å²) >= 11 is 3.37. The molecule has 0 unspecified atom stereocenters. The predicted molar refractivity (Wildman–Crippen MR) is 92.2 cm³/mol. The Bertz CT molecular complexity index is 813. The molecule has 3 aromatic rings. The van der Waals surface area contributed by atoms with E-state index in [0.717, 1.165) is 17.1 Å². The number of hydrogen-bond donors (Lipinski definition) is 1. The highest BCUT2D eigenvalue weighted by molar-refractivity contribution is 7.16. The van der Waals surface area contributed by atoms with E-state index in [1.807, 2.05) is 6.92 Å². The molecule has 0 saturated carbocycles. The third-order valence-electron chi connectivity index (χ3n) is 3.45. The number of carbonyl (C=O) groups is 1. The Kier molecular flexibility index (Phi) is 4.58. The van der Waals surface area contributed by atoms with Crippen LogP contribution >= 0.6 is 22.7 Å². The first-order chi connectivity index (χ1) is 11.0. The summed E-state index contributed by atoms with van der Waals surface area (Å²) in [5.41, 5.74) is 2.19. The SMILES string of the molecule is Cc1nc(-c2ccc(CCNC(=O)c3c(C)noc3C)s2)cs1. The molecule has 3 rings (SSSR count). The molecule has 0 atom stereocenters. The van der Waals surface area contributed by atoms with E-state index in [2.05, 4.69) is 33.0 Å². The first kappa shape index (κ1) is 15.9. The molecular formula is C16H17N3O2S2. The summed E-state index contributed by atoms with van der Waals surface area (Å²) in [4.78, 5) is 19.0. The number of thiazole rings is 1. The minimum Gasteiger partial charge on any atom is -0.361 e. The highest BCUT2D eigenvalue weighted by atomic mass is 32.1. The lowest BCUT2D eigenvalue weighted by atomic mass is 10.2. The summed E-state index contributed by atoms with van der Waals surface area (Å²) in [5.74, 6) is 0.422. The van der Waals surface area contributed by atoms with Crippen molar-refractivity contribution < 1.29 is 9.32 Å². The fraction of sp³-hybridized carbons (Fsp3) is 0.312. The monoisotopic (exact) mass is 347 g/mol. The summed E-state index contributed by atoms with van der Waals surface area (Å²) in [6.45, 7) is 6.11. The van der Waals surface area contributed by atoms with E-state index >= 15 is 0 Å². The van der Waals surface area contributed by atoms with Gasteiger partial charge in [-0.1, -0.05) is 5.16 Å². The topological polar surface area (TPSA) is 68.0 Å². The van der Waals surface area contributed by atoms with Crippen LogP contribution in [0.1, 0.15) is 31.7 Å². The molecule has 0 aliphatic rings. The second kappa shape index (κ2) is 6.64. The van der Waals surface area contributed by atoms with Gasteiger partial charge in [-0.2, -0.15) is 0 Å². The molecule has 0 aromatic carbocycles. The molecule has 0 fully saturated rings. The Hall–Kier alpha value is -1.99. The van der Waals surface area contributed by atoms with Crippen LogP contribution < -0.4 is 5.32 Å². The number of nitrogens with zero attached hydrogens (tertiary/aromatic N) is 2. The van der Waals surface area contributed by atoms with Gasteiger partial charge in [0.1, 0.15) is 11.3 Å². The number of hydrogen-bond acceptors (Lipinski definition) is 6. The van der Waals surface area contributed by atoms with Crippen LogP contribution in [0.25, 0.3) is 10.6 Å². The van der Waals surface area contributed by atoms with Gasteiger partial charge in [-0.3, -0.25) is 4.79 Å². The van der Waals surface area contributed by atoms with E-state index in [4.69, 9.17) is 4.52 Å². The second-order valence-electron chi connectivity index (χ2n) is 5.22. The number of amides is 1. The van der Waals surface area contributed by atoms with Crippen molar-refractivity contribution in [1.29, 1.82) is 0 Å². The molecule has 23 heavy (non-hydrogen) atoms. The van der Waals surface area contributed by atoms with Crippen LogP contribution in [-0.4, -0.2) is 22.6 Å². The van der Waals surface area contributed by atoms with E-state index in [-0.39, 0.29) is 5.91 Å². The van der Waals surface area contributed by atoms with Crippen molar-refractivity contribution in [3.63, 3.8) is 0 Å². The minimum absolute atomic E-state index is 0.131. The van der Waals surface area contributed by atoms with Gasteiger partial charge in [-0.15, -0.1) is 22.7 Å². The molecule has 1 N–H and O–H groups in total. The van der Waals surface area contributed by atoms with Crippen LogP contribution in [0.5, 0.6) is 0 Å². The maximum absolute atomic E-state index is 12.2. The zero-order valence-electron chi connectivity index (χ0n) is 13.2. The summed E-state index contributed by atoms with van der Waals surface area (Å²) in [6, 6.07) is 4.18. The van der Waals surface area contributed by atoms with E-state index < -0.39 is 0 Å². The fourth-order valence-electron chi connectivity index (χ4n) is 2.32. The van der Waals surface area contributed by atoms with Crippen molar-refractivity contribution in [1.82, 2.24) is 15.5 Å². The molecule has 0 aliphatic heterocycles. The van der Waals surface area contributed by atoms with E-state index in [0.29, 0.717) is 23.6 Å². The van der Waals surface area contributed by atoms with Gasteiger partial charge in [0.2, 0.25) is 0 Å². The van der Waals surface area contributed by atoms with Gasteiger partial charge in [-0.05, 0) is 39.3 Å². The van der Waals surface area contributed by atoms with Gasteiger partial charge in [0.25, 0.3) is 5.91 Å². The van der Waals surface area contributed by atoms with Crippen LogP contribution in [-0.2, 0) is 6.42 Å². The molecule has 0 saturated heterocycles. The average Bonchev–Trinajstić information content (AvgIpc) is 3.20. The normalized spacial score (nSPS) is 10.9. The number of thiophene rings is 1. The number of nitrogens with one attached hydrogen (secondary N) is 1. The lowest BCUT2D eigenvalue weighted by molar-refractivity contribution is 0.0952. The van der Waals surface area contributed by atoms with Crippen molar-refractivity contribution in [2.24, 2.45) is 0 Å².